The Labute approximate surface area is 87.9 Å². The van der Waals surface area contributed by atoms with E-state index in [0.717, 1.165) is 13.0 Å². The highest BCUT2D eigenvalue weighted by molar-refractivity contribution is 9.09. The highest BCUT2D eigenvalue weighted by Gasteiger charge is 2.23. The van der Waals surface area contributed by atoms with Crippen molar-refractivity contribution in [1.29, 1.82) is 0 Å². The lowest BCUT2D eigenvalue weighted by molar-refractivity contribution is 0.0239. The predicted octanol–water partition coefficient (Wildman–Crippen LogP) is 0.445. The summed E-state index contributed by atoms with van der Waals surface area (Å²) in [6, 6.07) is 0. The first-order valence-corrected chi connectivity index (χ1v) is 5.88. The van der Waals surface area contributed by atoms with E-state index in [2.05, 4.69) is 27.8 Å². The van der Waals surface area contributed by atoms with Gasteiger partial charge in [0, 0.05) is 25.0 Å². The first-order chi connectivity index (χ1) is 6.11. The number of halogens is 1. The monoisotopic (exact) mass is 251 g/mol. The van der Waals surface area contributed by atoms with Crippen molar-refractivity contribution in [2.75, 3.05) is 25.0 Å². The molecule has 0 saturated carbocycles. The number of aliphatic hydroxyl groups excluding tert-OH is 2. The maximum Gasteiger partial charge on any atom is 0.0763 e. The fraction of sp³-hybridized carbons (Fsp3) is 1.00. The van der Waals surface area contributed by atoms with Crippen LogP contribution in [0.1, 0.15) is 13.3 Å². The largest absolute Gasteiger partial charge is 0.392 e. The Kier molecular flexibility index (Phi) is 4.66. The van der Waals surface area contributed by atoms with Gasteiger partial charge >= 0.3 is 0 Å². The van der Waals surface area contributed by atoms with Crippen LogP contribution in [-0.2, 0) is 0 Å². The molecule has 78 valence electrons. The molecule has 0 aliphatic carbocycles. The van der Waals surface area contributed by atoms with Crippen LogP contribution in [0.25, 0.3) is 0 Å². The van der Waals surface area contributed by atoms with Crippen molar-refractivity contribution in [1.82, 2.24) is 4.90 Å². The lowest BCUT2D eigenvalue weighted by Gasteiger charge is -2.34. The van der Waals surface area contributed by atoms with Gasteiger partial charge in [0.15, 0.2) is 0 Å². The SMILES string of the molecule is C[C@@H]1C[C@H](O)CN(CC(O)CBr)C1. The van der Waals surface area contributed by atoms with Crippen molar-refractivity contribution in [3.05, 3.63) is 0 Å². The van der Waals surface area contributed by atoms with Gasteiger partial charge in [0.25, 0.3) is 0 Å². The van der Waals surface area contributed by atoms with Gasteiger partial charge in [-0.2, -0.15) is 0 Å². The number of hydrogen-bond acceptors (Lipinski definition) is 3. The van der Waals surface area contributed by atoms with Crippen LogP contribution >= 0.6 is 15.9 Å². The van der Waals surface area contributed by atoms with Crippen molar-refractivity contribution in [2.45, 2.75) is 25.6 Å². The van der Waals surface area contributed by atoms with E-state index in [9.17, 15) is 10.2 Å². The molecule has 1 fully saturated rings. The van der Waals surface area contributed by atoms with Crippen LogP contribution in [0.2, 0.25) is 0 Å². The average Bonchev–Trinajstić information content (AvgIpc) is 2.02. The first-order valence-electron chi connectivity index (χ1n) is 4.76. The third-order valence-electron chi connectivity index (χ3n) is 2.36. The van der Waals surface area contributed by atoms with E-state index in [-0.39, 0.29) is 12.2 Å². The van der Waals surface area contributed by atoms with Crippen molar-refractivity contribution in [2.24, 2.45) is 5.92 Å². The summed E-state index contributed by atoms with van der Waals surface area (Å²) >= 11 is 3.23. The number of piperidine rings is 1. The number of hydrogen-bond donors (Lipinski definition) is 2. The minimum absolute atomic E-state index is 0.216. The lowest BCUT2D eigenvalue weighted by atomic mass is 9.98. The third kappa shape index (κ3) is 3.94. The van der Waals surface area contributed by atoms with Gasteiger partial charge in [-0.15, -0.1) is 0 Å². The summed E-state index contributed by atoms with van der Waals surface area (Å²) in [6.07, 6.45) is 0.352. The van der Waals surface area contributed by atoms with Crippen LogP contribution in [0.3, 0.4) is 0 Å². The van der Waals surface area contributed by atoms with E-state index in [0.29, 0.717) is 24.3 Å². The number of rotatable bonds is 3. The molecule has 0 amide bonds. The summed E-state index contributed by atoms with van der Waals surface area (Å²) in [5, 5.41) is 19.5. The number of aliphatic hydroxyl groups is 2. The standard InChI is InChI=1S/C9H18BrNO2/c1-7-2-8(12)5-11(4-7)6-9(13)3-10/h7-9,12-13H,2-6H2,1H3/t7-,8+,9?/m1/s1. The molecule has 0 aromatic carbocycles. The molecule has 1 aliphatic heterocycles. The van der Waals surface area contributed by atoms with Crippen molar-refractivity contribution >= 4 is 15.9 Å². The molecular formula is C9H18BrNO2. The highest BCUT2D eigenvalue weighted by Crippen LogP contribution is 2.16. The minimum atomic E-state index is -0.322. The molecule has 3 nitrogen and oxygen atoms in total. The van der Waals surface area contributed by atoms with Crippen LogP contribution in [0.4, 0.5) is 0 Å². The zero-order valence-corrected chi connectivity index (χ0v) is 9.57. The molecule has 1 unspecified atom stereocenters. The Hall–Kier alpha value is 0.360. The maximum atomic E-state index is 9.50. The molecule has 1 rings (SSSR count). The Morgan fingerprint density at radius 1 is 1.54 bits per heavy atom. The van der Waals surface area contributed by atoms with E-state index >= 15 is 0 Å². The van der Waals surface area contributed by atoms with E-state index in [1.54, 1.807) is 0 Å². The molecule has 1 saturated heterocycles. The number of β-amino-alcohol motifs (C(OH)–C–C–N with tert-alkyl or cyclic N) is 2. The third-order valence-corrected chi connectivity index (χ3v) is 3.11. The fourth-order valence-electron chi connectivity index (χ4n) is 1.92. The summed E-state index contributed by atoms with van der Waals surface area (Å²) < 4.78 is 0. The van der Waals surface area contributed by atoms with Crippen LogP contribution in [-0.4, -0.2) is 52.3 Å². The van der Waals surface area contributed by atoms with Gasteiger partial charge in [-0.25, -0.2) is 0 Å². The second-order valence-corrected chi connectivity index (χ2v) is 4.67. The molecule has 1 heterocycles. The lowest BCUT2D eigenvalue weighted by Crippen LogP contribution is -2.45. The van der Waals surface area contributed by atoms with Crippen molar-refractivity contribution in [3.63, 3.8) is 0 Å². The molecule has 3 atom stereocenters. The van der Waals surface area contributed by atoms with Gasteiger partial charge in [-0.05, 0) is 12.3 Å². The normalized spacial score (nSPS) is 33.2. The molecular weight excluding hydrogens is 234 g/mol. The van der Waals surface area contributed by atoms with Gasteiger partial charge in [0.05, 0.1) is 12.2 Å². The van der Waals surface area contributed by atoms with Gasteiger partial charge in [-0.3, -0.25) is 4.90 Å². The fourth-order valence-corrected chi connectivity index (χ4v) is 2.13. The highest BCUT2D eigenvalue weighted by atomic mass is 79.9. The van der Waals surface area contributed by atoms with Gasteiger partial charge in [0.2, 0.25) is 0 Å². The smallest absolute Gasteiger partial charge is 0.0763 e. The molecule has 1 aliphatic rings. The molecule has 13 heavy (non-hydrogen) atoms. The summed E-state index contributed by atoms with van der Waals surface area (Å²) in [6.45, 7) is 4.48. The van der Waals surface area contributed by atoms with Crippen LogP contribution < -0.4 is 0 Å². The summed E-state index contributed by atoms with van der Waals surface area (Å²) in [5.41, 5.74) is 0. The van der Waals surface area contributed by atoms with E-state index in [4.69, 9.17) is 0 Å². The van der Waals surface area contributed by atoms with E-state index in [1.807, 2.05) is 0 Å². The second kappa shape index (κ2) is 5.29. The Bertz CT molecular complexity index is 147. The average molecular weight is 252 g/mol. The van der Waals surface area contributed by atoms with Crippen molar-refractivity contribution < 1.29 is 10.2 Å². The second-order valence-electron chi connectivity index (χ2n) is 4.02. The molecule has 0 spiro atoms. The van der Waals surface area contributed by atoms with E-state index in [1.165, 1.54) is 0 Å². The molecule has 2 N–H and O–H groups in total. The number of nitrogens with zero attached hydrogens (tertiary/aromatic N) is 1. The van der Waals surface area contributed by atoms with Gasteiger partial charge in [0.1, 0.15) is 0 Å². The topological polar surface area (TPSA) is 43.7 Å². The Balaban J connectivity index is 2.32. The van der Waals surface area contributed by atoms with Crippen LogP contribution in [0.5, 0.6) is 0 Å². The zero-order chi connectivity index (χ0) is 9.84. The van der Waals surface area contributed by atoms with Crippen molar-refractivity contribution in [3.8, 4) is 0 Å². The molecule has 0 radical (unpaired) electrons. The first kappa shape index (κ1) is 11.4. The summed E-state index contributed by atoms with van der Waals surface area (Å²) in [5.74, 6) is 0.534. The Morgan fingerprint density at radius 2 is 2.23 bits per heavy atom. The van der Waals surface area contributed by atoms with E-state index < -0.39 is 0 Å². The quantitative estimate of drug-likeness (QED) is 0.716. The molecule has 0 aromatic heterocycles. The number of likely N-dealkylation sites (tertiary alicyclic amines) is 1. The van der Waals surface area contributed by atoms with Gasteiger partial charge in [-0.1, -0.05) is 22.9 Å². The van der Waals surface area contributed by atoms with Gasteiger partial charge < -0.3 is 10.2 Å². The molecule has 0 aromatic rings. The zero-order valence-electron chi connectivity index (χ0n) is 7.99. The Morgan fingerprint density at radius 3 is 2.77 bits per heavy atom. The summed E-state index contributed by atoms with van der Waals surface area (Å²) in [4.78, 5) is 2.13. The summed E-state index contributed by atoms with van der Waals surface area (Å²) in [7, 11) is 0. The number of alkyl halides is 1. The van der Waals surface area contributed by atoms with Crippen LogP contribution in [0.15, 0.2) is 0 Å². The molecule has 4 heteroatoms. The molecule has 0 bridgehead atoms. The van der Waals surface area contributed by atoms with Crippen LogP contribution in [0, 0.1) is 5.92 Å². The maximum absolute atomic E-state index is 9.50. The minimum Gasteiger partial charge on any atom is -0.392 e. The predicted molar refractivity (Wildman–Crippen MR) is 56.0 cm³/mol.